The van der Waals surface area contributed by atoms with E-state index in [0.717, 1.165) is 17.9 Å². The van der Waals surface area contributed by atoms with Crippen molar-refractivity contribution < 1.29 is 27.7 Å². The molecule has 0 rings (SSSR count). The van der Waals surface area contributed by atoms with E-state index in [9.17, 15) is 9.46 Å². The Balaban J connectivity index is 3.74. The van der Waals surface area contributed by atoms with E-state index in [1.807, 2.05) is 32.9 Å². The summed E-state index contributed by atoms with van der Waals surface area (Å²) in [6, 6.07) is 0. The second-order valence-corrected chi connectivity index (χ2v) is 13.4. The fourth-order valence-electron chi connectivity index (χ4n) is 3.69. The van der Waals surface area contributed by atoms with Crippen molar-refractivity contribution in [3.05, 3.63) is 0 Å². The molecular formula is C27H59NO5PS+. The summed E-state index contributed by atoms with van der Waals surface area (Å²) in [4.78, 5) is 9.94. The second-order valence-electron chi connectivity index (χ2n) is 10.8. The molecule has 0 heterocycles. The summed E-state index contributed by atoms with van der Waals surface area (Å²) >= 11 is 1.85. The number of thioether (sulfide) groups is 1. The molecule has 2 atom stereocenters. The van der Waals surface area contributed by atoms with Crippen LogP contribution in [0.5, 0.6) is 0 Å². The topological polar surface area (TPSA) is 65.0 Å². The van der Waals surface area contributed by atoms with Crippen LogP contribution in [0.3, 0.4) is 0 Å². The summed E-state index contributed by atoms with van der Waals surface area (Å²) in [5, 5.41) is 0. The molecule has 0 aliphatic heterocycles. The van der Waals surface area contributed by atoms with Gasteiger partial charge in [-0.15, -0.1) is 0 Å². The molecule has 0 saturated carbocycles. The molecular weight excluding hydrogens is 481 g/mol. The van der Waals surface area contributed by atoms with Crippen molar-refractivity contribution in [3.8, 4) is 0 Å². The first-order valence-corrected chi connectivity index (χ1v) is 17.0. The van der Waals surface area contributed by atoms with Crippen LogP contribution in [0.15, 0.2) is 0 Å². The third-order valence-electron chi connectivity index (χ3n) is 5.94. The molecule has 0 saturated heterocycles. The van der Waals surface area contributed by atoms with Gasteiger partial charge in [0.05, 0.1) is 33.9 Å². The van der Waals surface area contributed by atoms with Gasteiger partial charge in [-0.2, -0.15) is 11.8 Å². The number of nitrogens with zero attached hydrogens (tertiary/aromatic N) is 1. The van der Waals surface area contributed by atoms with Gasteiger partial charge in [-0.05, 0) is 18.6 Å². The Morgan fingerprint density at radius 2 is 1.26 bits per heavy atom. The Kier molecular flexibility index (Phi) is 23.7. The maximum absolute atomic E-state index is 12.1. The van der Waals surface area contributed by atoms with E-state index in [4.69, 9.17) is 13.8 Å². The fourth-order valence-corrected chi connectivity index (χ4v) is 5.46. The number of phosphoric ester groups is 1. The van der Waals surface area contributed by atoms with E-state index in [1.54, 1.807) is 0 Å². The minimum Gasteiger partial charge on any atom is -0.375 e. The lowest BCUT2D eigenvalue weighted by Gasteiger charge is -2.24. The van der Waals surface area contributed by atoms with E-state index in [1.165, 1.54) is 89.9 Å². The standard InChI is InChI=1S/C27H58NO5PS/c1-6-8-9-10-11-12-13-14-15-16-17-18-19-20-24-35-26-27(31-22-7-2)25-33-34(29,30)32-23-21-28(3,4)5/h27H,6-26H2,1-5H3/p+1. The Labute approximate surface area is 222 Å². The van der Waals surface area contributed by atoms with E-state index in [-0.39, 0.29) is 19.3 Å². The lowest BCUT2D eigenvalue weighted by atomic mass is 10.0. The van der Waals surface area contributed by atoms with Crippen molar-refractivity contribution in [2.24, 2.45) is 0 Å². The van der Waals surface area contributed by atoms with Crippen molar-refractivity contribution in [1.82, 2.24) is 0 Å². The molecule has 1 N–H and O–H groups in total. The normalized spacial score (nSPS) is 14.8. The number of rotatable bonds is 27. The van der Waals surface area contributed by atoms with Crippen LogP contribution in [0.1, 0.15) is 110 Å². The molecule has 0 aliphatic carbocycles. The molecule has 6 nitrogen and oxygen atoms in total. The van der Waals surface area contributed by atoms with E-state index in [2.05, 4.69) is 13.8 Å². The third kappa shape index (κ3) is 27.2. The Hall–Kier alpha value is 0.380. The molecule has 0 bridgehead atoms. The van der Waals surface area contributed by atoms with E-state index >= 15 is 0 Å². The zero-order chi connectivity index (χ0) is 26.3. The first-order chi connectivity index (χ1) is 16.7. The number of phosphoric acid groups is 1. The molecule has 0 amide bonds. The lowest BCUT2D eigenvalue weighted by molar-refractivity contribution is -0.870. The Morgan fingerprint density at radius 1 is 0.743 bits per heavy atom. The molecule has 0 aromatic heterocycles. The molecule has 35 heavy (non-hydrogen) atoms. The largest absolute Gasteiger partial charge is 0.472 e. The highest BCUT2D eigenvalue weighted by atomic mass is 32.2. The number of unbranched alkanes of at least 4 members (excludes halogenated alkanes) is 13. The maximum Gasteiger partial charge on any atom is 0.472 e. The van der Waals surface area contributed by atoms with Gasteiger partial charge in [-0.25, -0.2) is 4.57 Å². The molecule has 0 aromatic rings. The van der Waals surface area contributed by atoms with Crippen molar-refractivity contribution in [3.63, 3.8) is 0 Å². The van der Waals surface area contributed by atoms with Crippen molar-refractivity contribution in [2.45, 2.75) is 116 Å². The predicted molar refractivity (Wildman–Crippen MR) is 152 cm³/mol. The highest BCUT2D eigenvalue weighted by Gasteiger charge is 2.24. The summed E-state index contributed by atoms with van der Waals surface area (Å²) in [5.74, 6) is 1.87. The monoisotopic (exact) mass is 540 g/mol. The minimum atomic E-state index is -4.04. The summed E-state index contributed by atoms with van der Waals surface area (Å²) < 4.78 is 29.0. The van der Waals surface area contributed by atoms with E-state index < -0.39 is 7.82 Å². The number of likely N-dealkylation sites (N-methyl/N-ethyl adjacent to an activating group) is 1. The van der Waals surface area contributed by atoms with Crippen LogP contribution < -0.4 is 0 Å². The number of hydrogen-bond acceptors (Lipinski definition) is 5. The smallest absolute Gasteiger partial charge is 0.375 e. The van der Waals surface area contributed by atoms with Crippen LogP contribution in [0, 0.1) is 0 Å². The molecule has 2 unspecified atom stereocenters. The number of hydrogen-bond donors (Lipinski definition) is 1. The average molecular weight is 541 g/mol. The van der Waals surface area contributed by atoms with Crippen LogP contribution in [0.25, 0.3) is 0 Å². The second kappa shape index (κ2) is 23.5. The number of ether oxygens (including phenoxy) is 1. The van der Waals surface area contributed by atoms with E-state index in [0.29, 0.717) is 17.6 Å². The molecule has 0 radical (unpaired) electrons. The zero-order valence-electron chi connectivity index (χ0n) is 23.8. The predicted octanol–water partition coefficient (Wildman–Crippen LogP) is 7.84. The maximum atomic E-state index is 12.1. The SMILES string of the molecule is CCCCCCCCCCCCCCCCSCC(COP(=O)(O)OCC[N+](C)(C)C)OCCC. The summed E-state index contributed by atoms with van der Waals surface area (Å²) in [6.45, 7) is 5.88. The van der Waals surface area contributed by atoms with Crippen molar-refractivity contribution >= 4 is 19.6 Å². The van der Waals surface area contributed by atoms with Gasteiger partial charge in [0.1, 0.15) is 13.2 Å². The van der Waals surface area contributed by atoms with Gasteiger partial charge in [-0.3, -0.25) is 9.05 Å². The Morgan fingerprint density at radius 3 is 1.74 bits per heavy atom. The zero-order valence-corrected chi connectivity index (χ0v) is 25.5. The van der Waals surface area contributed by atoms with Crippen LogP contribution in [0.2, 0.25) is 0 Å². The van der Waals surface area contributed by atoms with Crippen LogP contribution in [0.4, 0.5) is 0 Å². The quantitative estimate of drug-likeness (QED) is 0.0650. The van der Waals surface area contributed by atoms with Crippen molar-refractivity contribution in [2.75, 3.05) is 59.0 Å². The molecule has 0 aromatic carbocycles. The van der Waals surface area contributed by atoms with Crippen LogP contribution >= 0.6 is 19.6 Å². The average Bonchev–Trinajstić information content (AvgIpc) is 2.79. The van der Waals surface area contributed by atoms with Gasteiger partial charge >= 0.3 is 7.82 Å². The molecule has 0 spiro atoms. The molecule has 0 fully saturated rings. The highest BCUT2D eigenvalue weighted by molar-refractivity contribution is 7.99. The number of quaternary nitrogens is 1. The lowest BCUT2D eigenvalue weighted by Crippen LogP contribution is -2.37. The highest BCUT2D eigenvalue weighted by Crippen LogP contribution is 2.43. The van der Waals surface area contributed by atoms with Gasteiger partial charge < -0.3 is 14.1 Å². The summed E-state index contributed by atoms with van der Waals surface area (Å²) in [6.07, 6.45) is 20.0. The van der Waals surface area contributed by atoms with Gasteiger partial charge in [0.15, 0.2) is 0 Å². The summed E-state index contributed by atoms with van der Waals surface area (Å²) in [5.41, 5.74) is 0. The van der Waals surface area contributed by atoms with Gasteiger partial charge in [0.25, 0.3) is 0 Å². The first kappa shape index (κ1) is 35.4. The van der Waals surface area contributed by atoms with Gasteiger partial charge in [0, 0.05) is 12.4 Å². The molecule has 8 heteroatoms. The fraction of sp³-hybridized carbons (Fsp3) is 1.00. The van der Waals surface area contributed by atoms with Crippen LogP contribution in [-0.2, 0) is 18.3 Å². The molecule has 212 valence electrons. The third-order valence-corrected chi connectivity index (χ3v) is 8.11. The van der Waals surface area contributed by atoms with Gasteiger partial charge in [-0.1, -0.05) is 97.3 Å². The molecule has 0 aliphatic rings. The first-order valence-electron chi connectivity index (χ1n) is 14.3. The summed E-state index contributed by atoms with van der Waals surface area (Å²) in [7, 11) is 1.99. The van der Waals surface area contributed by atoms with Crippen molar-refractivity contribution in [1.29, 1.82) is 0 Å². The van der Waals surface area contributed by atoms with Crippen LogP contribution in [-0.4, -0.2) is 74.5 Å². The minimum absolute atomic E-state index is 0.0872. The Bertz CT molecular complexity index is 504. The van der Waals surface area contributed by atoms with Gasteiger partial charge in [0.2, 0.25) is 0 Å².